The minimum Gasteiger partial charge on any atom is -0.490 e. The summed E-state index contributed by atoms with van der Waals surface area (Å²) < 4.78 is 6.02. The molecule has 0 amide bonds. The molecule has 2 atom stereocenters. The van der Waals surface area contributed by atoms with E-state index in [2.05, 4.69) is 18.8 Å². The van der Waals surface area contributed by atoms with Gasteiger partial charge in [0.1, 0.15) is 12.4 Å². The Labute approximate surface area is 109 Å². The summed E-state index contributed by atoms with van der Waals surface area (Å²) in [6.07, 6.45) is 5.22. The van der Waals surface area contributed by atoms with Gasteiger partial charge in [0.15, 0.2) is 0 Å². The molecule has 2 heteroatoms. The van der Waals surface area contributed by atoms with Gasteiger partial charge < -0.3 is 9.84 Å². The lowest BCUT2D eigenvalue weighted by atomic mass is 9.89. The first kappa shape index (κ1) is 13.0. The van der Waals surface area contributed by atoms with Crippen LogP contribution in [0.25, 0.3) is 0 Å². The third-order valence-electron chi connectivity index (χ3n) is 3.34. The van der Waals surface area contributed by atoms with Crippen LogP contribution in [-0.4, -0.2) is 17.8 Å². The third-order valence-corrected chi connectivity index (χ3v) is 3.34. The van der Waals surface area contributed by atoms with E-state index in [0.717, 1.165) is 30.1 Å². The molecule has 0 heterocycles. The highest BCUT2D eigenvalue weighted by Gasteiger charge is 2.20. The molecule has 0 spiro atoms. The minimum absolute atomic E-state index is 0.106. The van der Waals surface area contributed by atoms with Crippen LogP contribution in [0.4, 0.5) is 0 Å². The SMILES string of the molecule is CC1CCCC(Oc2cccc(C#CCO)c2)C1. The minimum atomic E-state index is -0.106. The van der Waals surface area contributed by atoms with Gasteiger partial charge in [-0.05, 0) is 43.4 Å². The number of hydrogen-bond donors (Lipinski definition) is 1. The van der Waals surface area contributed by atoms with E-state index >= 15 is 0 Å². The number of aliphatic hydroxyl groups excluding tert-OH is 1. The van der Waals surface area contributed by atoms with Crippen molar-refractivity contribution in [1.82, 2.24) is 0 Å². The average Bonchev–Trinajstić information content (AvgIpc) is 2.37. The molecule has 0 aliphatic heterocycles. The molecule has 1 aromatic carbocycles. The van der Waals surface area contributed by atoms with Crippen molar-refractivity contribution in [3.63, 3.8) is 0 Å². The first-order valence-corrected chi connectivity index (χ1v) is 6.64. The summed E-state index contributed by atoms with van der Waals surface area (Å²) in [5.74, 6) is 7.21. The van der Waals surface area contributed by atoms with Crippen molar-refractivity contribution in [2.45, 2.75) is 38.7 Å². The summed E-state index contributed by atoms with van der Waals surface area (Å²) in [7, 11) is 0. The van der Waals surface area contributed by atoms with Crippen LogP contribution in [0.3, 0.4) is 0 Å². The lowest BCUT2D eigenvalue weighted by Crippen LogP contribution is -2.24. The Morgan fingerprint density at radius 2 is 2.28 bits per heavy atom. The van der Waals surface area contributed by atoms with E-state index in [4.69, 9.17) is 9.84 Å². The largest absolute Gasteiger partial charge is 0.490 e. The van der Waals surface area contributed by atoms with E-state index < -0.39 is 0 Å². The fourth-order valence-electron chi connectivity index (χ4n) is 2.47. The van der Waals surface area contributed by atoms with Crippen molar-refractivity contribution >= 4 is 0 Å². The van der Waals surface area contributed by atoms with Gasteiger partial charge in [0.05, 0.1) is 6.10 Å². The summed E-state index contributed by atoms with van der Waals surface area (Å²) in [6, 6.07) is 7.80. The fourth-order valence-corrected chi connectivity index (χ4v) is 2.47. The van der Waals surface area contributed by atoms with E-state index in [1.165, 1.54) is 12.8 Å². The Morgan fingerprint density at radius 1 is 1.39 bits per heavy atom. The smallest absolute Gasteiger partial charge is 0.120 e. The lowest BCUT2D eigenvalue weighted by Gasteiger charge is -2.27. The molecule has 1 aliphatic rings. The van der Waals surface area contributed by atoms with Crippen LogP contribution >= 0.6 is 0 Å². The molecule has 0 radical (unpaired) electrons. The molecule has 0 aromatic heterocycles. The summed E-state index contributed by atoms with van der Waals surface area (Å²) in [5.41, 5.74) is 0.894. The number of ether oxygens (including phenoxy) is 1. The van der Waals surface area contributed by atoms with Gasteiger partial charge >= 0.3 is 0 Å². The highest BCUT2D eigenvalue weighted by atomic mass is 16.5. The second-order valence-electron chi connectivity index (χ2n) is 5.00. The molecule has 1 saturated carbocycles. The molecule has 2 rings (SSSR count). The predicted molar refractivity (Wildman–Crippen MR) is 72.5 cm³/mol. The van der Waals surface area contributed by atoms with Gasteiger partial charge in [-0.2, -0.15) is 0 Å². The molecule has 2 unspecified atom stereocenters. The molecule has 96 valence electrons. The van der Waals surface area contributed by atoms with Gasteiger partial charge in [0, 0.05) is 5.56 Å². The van der Waals surface area contributed by atoms with Gasteiger partial charge in [-0.25, -0.2) is 0 Å². The summed E-state index contributed by atoms with van der Waals surface area (Å²) in [5, 5.41) is 8.68. The average molecular weight is 244 g/mol. The Bertz CT molecular complexity index is 442. The van der Waals surface area contributed by atoms with Gasteiger partial charge in [-0.1, -0.05) is 31.3 Å². The Balaban J connectivity index is 2.00. The number of rotatable bonds is 2. The van der Waals surface area contributed by atoms with Crippen LogP contribution in [0, 0.1) is 17.8 Å². The third kappa shape index (κ3) is 3.78. The van der Waals surface area contributed by atoms with E-state index in [1.807, 2.05) is 24.3 Å². The Hall–Kier alpha value is -1.46. The van der Waals surface area contributed by atoms with Crippen LogP contribution in [0.5, 0.6) is 5.75 Å². The number of aliphatic hydroxyl groups is 1. The molecule has 1 aliphatic carbocycles. The van der Waals surface area contributed by atoms with Crippen LogP contribution in [0.15, 0.2) is 24.3 Å². The Morgan fingerprint density at radius 3 is 3.06 bits per heavy atom. The Kier molecular flexibility index (Phi) is 4.66. The van der Waals surface area contributed by atoms with Crippen molar-refractivity contribution in [3.05, 3.63) is 29.8 Å². The molecule has 18 heavy (non-hydrogen) atoms. The second kappa shape index (κ2) is 6.47. The second-order valence-corrected chi connectivity index (χ2v) is 5.00. The van der Waals surface area contributed by atoms with Gasteiger partial charge in [-0.3, -0.25) is 0 Å². The van der Waals surface area contributed by atoms with Crippen LogP contribution in [-0.2, 0) is 0 Å². The van der Waals surface area contributed by atoms with Crippen LogP contribution < -0.4 is 4.74 Å². The highest BCUT2D eigenvalue weighted by Crippen LogP contribution is 2.27. The van der Waals surface area contributed by atoms with Crippen molar-refractivity contribution < 1.29 is 9.84 Å². The van der Waals surface area contributed by atoms with Crippen molar-refractivity contribution in [3.8, 4) is 17.6 Å². The van der Waals surface area contributed by atoms with Gasteiger partial charge in [0.2, 0.25) is 0 Å². The van der Waals surface area contributed by atoms with E-state index in [0.29, 0.717) is 6.10 Å². The molecule has 1 aromatic rings. The number of hydrogen-bond acceptors (Lipinski definition) is 2. The molecular weight excluding hydrogens is 224 g/mol. The van der Waals surface area contributed by atoms with Gasteiger partial charge in [-0.15, -0.1) is 0 Å². The topological polar surface area (TPSA) is 29.5 Å². The highest BCUT2D eigenvalue weighted by molar-refractivity contribution is 5.39. The monoisotopic (exact) mass is 244 g/mol. The van der Waals surface area contributed by atoms with Crippen molar-refractivity contribution in [2.24, 2.45) is 5.92 Å². The molecular formula is C16H20O2. The quantitative estimate of drug-likeness (QED) is 0.810. The van der Waals surface area contributed by atoms with Crippen LogP contribution in [0.1, 0.15) is 38.2 Å². The maximum absolute atomic E-state index is 8.68. The molecule has 1 fully saturated rings. The number of benzene rings is 1. The summed E-state index contributed by atoms with van der Waals surface area (Å²) in [6.45, 7) is 2.18. The fraction of sp³-hybridized carbons (Fsp3) is 0.500. The zero-order valence-electron chi connectivity index (χ0n) is 10.9. The maximum atomic E-state index is 8.68. The first-order chi connectivity index (χ1) is 8.78. The molecule has 1 N–H and O–H groups in total. The standard InChI is InChI=1S/C16H20O2/c1-13-5-2-8-15(11-13)18-16-9-3-6-14(12-16)7-4-10-17/h3,6,9,12-13,15,17H,2,5,8,10-11H2,1H3. The van der Waals surface area contributed by atoms with Gasteiger partial charge in [0.25, 0.3) is 0 Å². The van der Waals surface area contributed by atoms with Crippen molar-refractivity contribution in [1.29, 1.82) is 0 Å². The zero-order valence-corrected chi connectivity index (χ0v) is 10.9. The van der Waals surface area contributed by atoms with E-state index in [1.54, 1.807) is 0 Å². The normalized spacial score (nSPS) is 23.0. The predicted octanol–water partition coefficient (Wildman–Crippen LogP) is 2.99. The lowest BCUT2D eigenvalue weighted by molar-refractivity contribution is 0.129. The molecule has 0 saturated heterocycles. The van der Waals surface area contributed by atoms with E-state index in [-0.39, 0.29) is 6.61 Å². The zero-order chi connectivity index (χ0) is 12.8. The maximum Gasteiger partial charge on any atom is 0.120 e. The molecule has 2 nitrogen and oxygen atoms in total. The van der Waals surface area contributed by atoms with Crippen LogP contribution in [0.2, 0.25) is 0 Å². The first-order valence-electron chi connectivity index (χ1n) is 6.64. The summed E-state index contributed by atoms with van der Waals surface area (Å²) in [4.78, 5) is 0. The summed E-state index contributed by atoms with van der Waals surface area (Å²) >= 11 is 0. The molecule has 0 bridgehead atoms. The van der Waals surface area contributed by atoms with E-state index in [9.17, 15) is 0 Å². The van der Waals surface area contributed by atoms with Crippen molar-refractivity contribution in [2.75, 3.05) is 6.61 Å².